The Morgan fingerprint density at radius 2 is 0.893 bits per heavy atom. The van der Waals surface area contributed by atoms with E-state index >= 15 is 0 Å². The third-order valence-corrected chi connectivity index (χ3v) is 17.8. The molecule has 0 unspecified atom stereocenters. The molecule has 0 spiro atoms. The molecule has 8 aromatic carbocycles. The molecule has 0 aromatic heterocycles. The van der Waals surface area contributed by atoms with Crippen LogP contribution < -0.4 is 26.2 Å². The lowest BCUT2D eigenvalue weighted by Crippen LogP contribution is -2.62. The molecule has 0 bridgehead atoms. The maximum Gasteiger partial charge on any atom is 0.252 e. The molecule has 0 fully saturated rings. The van der Waals surface area contributed by atoms with E-state index < -0.39 is 0 Å². The Labute approximate surface area is 451 Å². The molecule has 380 valence electrons. The maximum atomic E-state index is 2.69. The van der Waals surface area contributed by atoms with Crippen molar-refractivity contribution >= 4 is 57.2 Å². The first-order chi connectivity index (χ1) is 35.2. The monoisotopic (exact) mass is 983 g/mol. The Morgan fingerprint density at radius 3 is 1.51 bits per heavy atom. The summed E-state index contributed by atoms with van der Waals surface area (Å²) >= 11 is 0. The van der Waals surface area contributed by atoms with Crippen LogP contribution in [0.5, 0.6) is 0 Å². The van der Waals surface area contributed by atoms with Gasteiger partial charge < -0.3 is 9.80 Å². The fourth-order valence-electron chi connectivity index (χ4n) is 12.7. The molecular weight excluding hydrogens is 904 g/mol. The Morgan fingerprint density at radius 1 is 0.387 bits per heavy atom. The highest BCUT2D eigenvalue weighted by molar-refractivity contribution is 7.00. The molecule has 0 saturated heterocycles. The largest absolute Gasteiger partial charge is 0.311 e. The molecule has 3 aliphatic rings. The van der Waals surface area contributed by atoms with Crippen molar-refractivity contribution in [1.29, 1.82) is 0 Å². The molecule has 2 heterocycles. The molecule has 0 saturated carbocycles. The van der Waals surface area contributed by atoms with Crippen molar-refractivity contribution in [3.63, 3.8) is 0 Å². The molecule has 75 heavy (non-hydrogen) atoms. The van der Waals surface area contributed by atoms with E-state index in [1.54, 1.807) is 0 Å². The molecule has 11 rings (SSSR count). The van der Waals surface area contributed by atoms with E-state index in [2.05, 4.69) is 284 Å². The Hall–Kier alpha value is -6.58. The number of anilines is 6. The first kappa shape index (κ1) is 50.6. The van der Waals surface area contributed by atoms with Crippen LogP contribution in [0.25, 0.3) is 22.3 Å². The zero-order valence-electron chi connectivity index (χ0n) is 48.0. The molecule has 0 atom stereocenters. The summed E-state index contributed by atoms with van der Waals surface area (Å²) in [7, 11) is 0. The number of rotatable bonds is 6. The molecule has 1 aliphatic carbocycles. The highest BCUT2D eigenvalue weighted by atomic mass is 15.2. The van der Waals surface area contributed by atoms with Gasteiger partial charge in [0, 0.05) is 39.4 Å². The van der Waals surface area contributed by atoms with Gasteiger partial charge in [0.1, 0.15) is 0 Å². The fourth-order valence-corrected chi connectivity index (χ4v) is 12.7. The lowest BCUT2D eigenvalue weighted by atomic mass is 9.33. The third kappa shape index (κ3) is 8.67. The molecule has 0 amide bonds. The van der Waals surface area contributed by atoms with Gasteiger partial charge in [0.25, 0.3) is 6.71 Å². The second kappa shape index (κ2) is 17.5. The summed E-state index contributed by atoms with van der Waals surface area (Å²) in [6.45, 7) is 37.9. The van der Waals surface area contributed by atoms with Crippen molar-refractivity contribution in [3.05, 3.63) is 208 Å². The van der Waals surface area contributed by atoms with Gasteiger partial charge in [-0.2, -0.15) is 0 Å². The normalized spacial score (nSPS) is 15.8. The first-order valence-electron chi connectivity index (χ1n) is 27.8. The summed E-state index contributed by atoms with van der Waals surface area (Å²) in [5, 5.41) is 0. The lowest BCUT2D eigenvalue weighted by Gasteiger charge is -2.48. The predicted molar refractivity (Wildman–Crippen MR) is 326 cm³/mol. The van der Waals surface area contributed by atoms with Gasteiger partial charge in [-0.15, -0.1) is 0 Å². The van der Waals surface area contributed by atoms with Crippen LogP contribution in [0.2, 0.25) is 0 Å². The minimum absolute atomic E-state index is 0.000165. The SMILES string of the molecule is Cc1cc2c3c(c1)N(c1ccc(C(C)(C)C)cc1-c1ccc(-c4ccc(C(C)(C)C)cc4)cc1)c1cc4c(cc1B3c1ccc(C(C)(C)c3ccccc3)cc1N2c1cccc(C(C)(C)C)c1)C(C)(C)CCC4(C)C. The van der Waals surface area contributed by atoms with Crippen LogP contribution in [0.15, 0.2) is 164 Å². The quantitative estimate of drug-likeness (QED) is 0.153. The Kier molecular flexibility index (Phi) is 11.8. The molecule has 0 radical (unpaired) electrons. The topological polar surface area (TPSA) is 6.48 Å². The van der Waals surface area contributed by atoms with Gasteiger partial charge in [-0.1, -0.05) is 219 Å². The van der Waals surface area contributed by atoms with E-state index in [0.717, 1.165) is 12.8 Å². The maximum absolute atomic E-state index is 2.69. The smallest absolute Gasteiger partial charge is 0.252 e. The number of aryl methyl sites for hydroxylation is 1. The van der Waals surface area contributed by atoms with Crippen molar-refractivity contribution in [1.82, 2.24) is 0 Å². The summed E-state index contributed by atoms with van der Waals surface area (Å²) < 4.78 is 0. The molecule has 3 heteroatoms. The lowest BCUT2D eigenvalue weighted by molar-refractivity contribution is 0.332. The Balaban J connectivity index is 1.20. The van der Waals surface area contributed by atoms with Gasteiger partial charge in [-0.05, 0) is 173 Å². The van der Waals surface area contributed by atoms with Crippen LogP contribution in [0.3, 0.4) is 0 Å². The van der Waals surface area contributed by atoms with Gasteiger partial charge in [0.15, 0.2) is 0 Å². The number of fused-ring (bicyclic) bond motifs is 5. The van der Waals surface area contributed by atoms with Crippen molar-refractivity contribution in [2.45, 2.75) is 156 Å². The van der Waals surface area contributed by atoms with Gasteiger partial charge in [0.2, 0.25) is 0 Å². The van der Waals surface area contributed by atoms with Crippen LogP contribution in [-0.4, -0.2) is 6.71 Å². The molecular formula is C72H79BN2. The van der Waals surface area contributed by atoms with Crippen LogP contribution in [0, 0.1) is 6.92 Å². The average molecular weight is 983 g/mol. The van der Waals surface area contributed by atoms with E-state index in [9.17, 15) is 0 Å². The van der Waals surface area contributed by atoms with E-state index in [4.69, 9.17) is 0 Å². The standard InChI is InChI=1S/C72H79BN2/c1-46-39-64-66-65(40-46)75(61-36-34-53(69(8,9)10)42-56(61)49-27-25-47(26-28-49)48-29-31-50(32-30-48)67(2,3)4)63-45-58-57(70(11,12)37-38-71(58,13)14)44-60(63)73(66)59-35-33-54(72(15,16)51-21-18-17-19-22-51)43-62(59)74(64)55-24-20-23-52(41-55)68(5,6)7/h17-36,39-45H,37-38H2,1-16H3. The Bertz CT molecular complexity index is 3510. The summed E-state index contributed by atoms with van der Waals surface area (Å²) in [6, 6.07) is 64.1. The second-order valence-corrected chi connectivity index (χ2v) is 27.5. The minimum Gasteiger partial charge on any atom is -0.311 e. The minimum atomic E-state index is -0.228. The van der Waals surface area contributed by atoms with Crippen LogP contribution >= 0.6 is 0 Å². The number of hydrogen-bond acceptors (Lipinski definition) is 2. The molecule has 2 aliphatic heterocycles. The third-order valence-electron chi connectivity index (χ3n) is 17.8. The van der Waals surface area contributed by atoms with Gasteiger partial charge in [-0.3, -0.25) is 0 Å². The molecule has 2 nitrogen and oxygen atoms in total. The number of benzene rings is 8. The van der Waals surface area contributed by atoms with Crippen molar-refractivity contribution < 1.29 is 0 Å². The van der Waals surface area contributed by atoms with E-state index in [0.29, 0.717) is 0 Å². The van der Waals surface area contributed by atoms with Crippen LogP contribution in [0.4, 0.5) is 34.1 Å². The van der Waals surface area contributed by atoms with Crippen molar-refractivity contribution in [2.24, 2.45) is 0 Å². The average Bonchev–Trinajstić information content (AvgIpc) is 3.36. The summed E-state index contributed by atoms with van der Waals surface area (Å²) in [5.41, 5.74) is 27.2. The van der Waals surface area contributed by atoms with Crippen LogP contribution in [0.1, 0.15) is 161 Å². The second-order valence-electron chi connectivity index (χ2n) is 27.5. The molecule has 8 aromatic rings. The first-order valence-corrected chi connectivity index (χ1v) is 27.8. The van der Waals surface area contributed by atoms with E-state index in [-0.39, 0.29) is 39.2 Å². The zero-order chi connectivity index (χ0) is 53.4. The number of nitrogens with zero attached hydrogens (tertiary/aromatic N) is 2. The van der Waals surface area contributed by atoms with Gasteiger partial charge >= 0.3 is 0 Å². The predicted octanol–water partition coefficient (Wildman–Crippen LogP) is 18.0. The zero-order valence-corrected chi connectivity index (χ0v) is 48.0. The summed E-state index contributed by atoms with van der Waals surface area (Å²) in [4.78, 5) is 5.32. The van der Waals surface area contributed by atoms with E-state index in [1.807, 2.05) is 0 Å². The highest BCUT2D eigenvalue weighted by Crippen LogP contribution is 2.52. The van der Waals surface area contributed by atoms with Crippen molar-refractivity contribution in [2.75, 3.05) is 9.80 Å². The van der Waals surface area contributed by atoms with Crippen LogP contribution in [-0.2, 0) is 32.5 Å². The van der Waals surface area contributed by atoms with Gasteiger partial charge in [0.05, 0.1) is 5.69 Å². The van der Waals surface area contributed by atoms with Gasteiger partial charge in [-0.25, -0.2) is 0 Å². The molecule has 0 N–H and O–H groups in total. The van der Waals surface area contributed by atoms with E-state index in [1.165, 1.54) is 117 Å². The summed E-state index contributed by atoms with van der Waals surface area (Å²) in [6.07, 6.45) is 2.31. The fraction of sp³-hybridized carbons (Fsp3) is 0.333. The number of hydrogen-bond donors (Lipinski definition) is 0. The summed E-state index contributed by atoms with van der Waals surface area (Å²) in [5.74, 6) is 0. The van der Waals surface area contributed by atoms with Crippen molar-refractivity contribution in [3.8, 4) is 22.3 Å². The highest BCUT2D eigenvalue weighted by Gasteiger charge is 2.47.